The van der Waals surface area contributed by atoms with Gasteiger partial charge in [-0.25, -0.2) is 9.97 Å². The normalized spacial score (nSPS) is 12.0. The van der Waals surface area contributed by atoms with Gasteiger partial charge in [-0.2, -0.15) is 13.2 Å². The van der Waals surface area contributed by atoms with Crippen LogP contribution < -0.4 is 5.32 Å². The number of nitrogens with one attached hydrogen (secondary N) is 1. The number of anilines is 1. The lowest BCUT2D eigenvalue weighted by Crippen LogP contribution is -2.11. The number of rotatable bonds is 4. The van der Waals surface area contributed by atoms with Crippen molar-refractivity contribution in [1.29, 1.82) is 0 Å². The molecule has 0 aliphatic rings. The Labute approximate surface area is 106 Å². The molecule has 1 N–H and O–H groups in total. The molecule has 3 nitrogen and oxygen atoms in total. The van der Waals surface area contributed by atoms with Crippen LogP contribution in [-0.4, -0.2) is 22.7 Å². The minimum absolute atomic E-state index is 0.0410. The number of halogens is 3. The highest BCUT2D eigenvalue weighted by atomic mass is 32.1. The molecule has 0 saturated carbocycles. The zero-order valence-corrected chi connectivity index (χ0v) is 10.5. The van der Waals surface area contributed by atoms with Crippen molar-refractivity contribution >= 4 is 27.4 Å². The summed E-state index contributed by atoms with van der Waals surface area (Å²) in [4.78, 5) is 8.21. The number of thiophene rings is 1. The number of fused-ring (bicyclic) bond motifs is 1. The third-order valence-electron chi connectivity index (χ3n) is 2.46. The molecule has 0 atom stereocenters. The second kappa shape index (κ2) is 5.09. The van der Waals surface area contributed by atoms with Gasteiger partial charge in [0.2, 0.25) is 0 Å². The van der Waals surface area contributed by atoms with Crippen LogP contribution in [0.4, 0.5) is 19.0 Å². The fourth-order valence-electron chi connectivity index (χ4n) is 1.59. The smallest absolute Gasteiger partial charge is 0.369 e. The maximum absolute atomic E-state index is 12.0. The SMILES string of the molecule is Cc1csc2c(NCCCC(F)(F)F)ncnc12. The molecule has 18 heavy (non-hydrogen) atoms. The van der Waals surface area contributed by atoms with E-state index in [1.807, 2.05) is 12.3 Å². The van der Waals surface area contributed by atoms with Crippen molar-refractivity contribution < 1.29 is 13.2 Å². The summed E-state index contributed by atoms with van der Waals surface area (Å²) in [6.07, 6.45) is -3.41. The van der Waals surface area contributed by atoms with Gasteiger partial charge in [0, 0.05) is 13.0 Å². The van der Waals surface area contributed by atoms with E-state index in [9.17, 15) is 13.2 Å². The summed E-state index contributed by atoms with van der Waals surface area (Å²) in [5, 5.41) is 4.89. The Morgan fingerprint density at radius 2 is 2.11 bits per heavy atom. The lowest BCUT2D eigenvalue weighted by atomic mass is 10.3. The fourth-order valence-corrected chi connectivity index (χ4v) is 2.56. The van der Waals surface area contributed by atoms with E-state index < -0.39 is 12.6 Å². The Hall–Kier alpha value is -1.37. The lowest BCUT2D eigenvalue weighted by Gasteiger charge is -2.08. The molecule has 0 aromatic carbocycles. The van der Waals surface area contributed by atoms with Crippen LogP contribution in [0.25, 0.3) is 10.2 Å². The van der Waals surface area contributed by atoms with E-state index >= 15 is 0 Å². The molecule has 2 aromatic rings. The molecule has 0 unspecified atom stereocenters. The first-order chi connectivity index (χ1) is 8.47. The Morgan fingerprint density at radius 1 is 1.33 bits per heavy atom. The zero-order valence-electron chi connectivity index (χ0n) is 9.71. The van der Waals surface area contributed by atoms with Gasteiger partial charge in [0.05, 0.1) is 10.2 Å². The predicted molar refractivity (Wildman–Crippen MR) is 65.9 cm³/mol. The van der Waals surface area contributed by atoms with Gasteiger partial charge in [0.25, 0.3) is 0 Å². The summed E-state index contributed by atoms with van der Waals surface area (Å²) in [6, 6.07) is 0. The summed E-state index contributed by atoms with van der Waals surface area (Å²) in [5.74, 6) is 0.611. The van der Waals surface area contributed by atoms with E-state index in [0.29, 0.717) is 5.82 Å². The Kier molecular flexibility index (Phi) is 3.70. The van der Waals surface area contributed by atoms with Crippen LogP contribution in [0.1, 0.15) is 18.4 Å². The first kappa shape index (κ1) is 13.1. The number of aryl methyl sites for hydroxylation is 1. The second-order valence-corrected chi connectivity index (χ2v) is 4.84. The molecule has 0 fully saturated rings. The number of hydrogen-bond acceptors (Lipinski definition) is 4. The van der Waals surface area contributed by atoms with Crippen molar-refractivity contribution in [3.8, 4) is 0 Å². The Balaban J connectivity index is 2.00. The predicted octanol–water partition coefficient (Wildman–Crippen LogP) is 3.75. The molecule has 0 spiro atoms. The van der Waals surface area contributed by atoms with Crippen molar-refractivity contribution in [3.05, 3.63) is 17.3 Å². The van der Waals surface area contributed by atoms with Crippen LogP contribution in [0.15, 0.2) is 11.7 Å². The molecule has 2 aromatic heterocycles. The molecule has 7 heteroatoms. The Bertz CT molecular complexity index is 536. The van der Waals surface area contributed by atoms with Gasteiger partial charge < -0.3 is 5.32 Å². The lowest BCUT2D eigenvalue weighted by molar-refractivity contribution is -0.134. The van der Waals surface area contributed by atoms with Gasteiger partial charge in [-0.05, 0) is 24.3 Å². The highest BCUT2D eigenvalue weighted by Gasteiger charge is 2.25. The zero-order chi connectivity index (χ0) is 13.2. The maximum atomic E-state index is 12.0. The van der Waals surface area contributed by atoms with Crippen molar-refractivity contribution in [2.24, 2.45) is 0 Å². The molecular weight excluding hydrogens is 263 g/mol. The van der Waals surface area contributed by atoms with E-state index in [2.05, 4.69) is 15.3 Å². The number of aromatic nitrogens is 2. The van der Waals surface area contributed by atoms with E-state index in [0.717, 1.165) is 15.8 Å². The third-order valence-corrected chi connectivity index (χ3v) is 3.55. The van der Waals surface area contributed by atoms with Gasteiger partial charge in [-0.15, -0.1) is 11.3 Å². The number of nitrogens with zero attached hydrogens (tertiary/aromatic N) is 2. The van der Waals surface area contributed by atoms with Crippen LogP contribution in [0.3, 0.4) is 0 Å². The van der Waals surface area contributed by atoms with Gasteiger partial charge in [-0.3, -0.25) is 0 Å². The average Bonchev–Trinajstić information content (AvgIpc) is 2.67. The van der Waals surface area contributed by atoms with Crippen molar-refractivity contribution in [3.63, 3.8) is 0 Å². The van der Waals surface area contributed by atoms with Gasteiger partial charge >= 0.3 is 6.18 Å². The standard InChI is InChI=1S/C11H12F3N3S/c1-7-5-18-9-8(7)16-6-17-10(9)15-4-2-3-11(12,13)14/h5-6H,2-4H2,1H3,(H,15,16,17). The molecule has 0 amide bonds. The van der Waals surface area contributed by atoms with Gasteiger partial charge in [0.1, 0.15) is 12.1 Å². The van der Waals surface area contributed by atoms with Crippen LogP contribution in [0, 0.1) is 6.92 Å². The minimum atomic E-state index is -4.10. The van der Waals surface area contributed by atoms with Crippen LogP contribution >= 0.6 is 11.3 Å². The molecular formula is C11H12F3N3S. The van der Waals surface area contributed by atoms with E-state index in [1.165, 1.54) is 17.7 Å². The largest absolute Gasteiger partial charge is 0.389 e. The Morgan fingerprint density at radius 3 is 2.83 bits per heavy atom. The molecule has 0 aliphatic carbocycles. The van der Waals surface area contributed by atoms with E-state index in [-0.39, 0.29) is 13.0 Å². The first-order valence-corrected chi connectivity index (χ1v) is 6.35. The van der Waals surface area contributed by atoms with Crippen molar-refractivity contribution in [2.75, 3.05) is 11.9 Å². The maximum Gasteiger partial charge on any atom is 0.389 e. The molecule has 0 saturated heterocycles. The highest BCUT2D eigenvalue weighted by molar-refractivity contribution is 7.18. The topological polar surface area (TPSA) is 37.8 Å². The van der Waals surface area contributed by atoms with Crippen molar-refractivity contribution in [1.82, 2.24) is 9.97 Å². The monoisotopic (exact) mass is 275 g/mol. The molecule has 0 bridgehead atoms. The molecule has 2 rings (SSSR count). The molecule has 2 heterocycles. The molecule has 0 radical (unpaired) electrons. The summed E-state index contributed by atoms with van der Waals surface area (Å²) in [6.45, 7) is 2.20. The quantitative estimate of drug-likeness (QED) is 0.863. The first-order valence-electron chi connectivity index (χ1n) is 5.47. The summed E-state index contributed by atoms with van der Waals surface area (Å²) >= 11 is 1.49. The molecule has 0 aliphatic heterocycles. The van der Waals surface area contributed by atoms with Crippen LogP contribution in [0.2, 0.25) is 0 Å². The van der Waals surface area contributed by atoms with E-state index in [1.54, 1.807) is 0 Å². The van der Waals surface area contributed by atoms with Gasteiger partial charge in [-0.1, -0.05) is 0 Å². The fraction of sp³-hybridized carbons (Fsp3) is 0.455. The summed E-state index contributed by atoms with van der Waals surface area (Å²) < 4.78 is 36.8. The van der Waals surface area contributed by atoms with Crippen molar-refractivity contribution in [2.45, 2.75) is 25.9 Å². The summed E-state index contributed by atoms with van der Waals surface area (Å²) in [5.41, 5.74) is 1.91. The third kappa shape index (κ3) is 3.10. The summed E-state index contributed by atoms with van der Waals surface area (Å²) in [7, 11) is 0. The average molecular weight is 275 g/mol. The highest BCUT2D eigenvalue weighted by Crippen LogP contribution is 2.28. The van der Waals surface area contributed by atoms with E-state index in [4.69, 9.17) is 0 Å². The second-order valence-electron chi connectivity index (χ2n) is 3.96. The van der Waals surface area contributed by atoms with Crippen LogP contribution in [0.5, 0.6) is 0 Å². The number of alkyl halides is 3. The minimum Gasteiger partial charge on any atom is -0.369 e. The van der Waals surface area contributed by atoms with Gasteiger partial charge in [0.15, 0.2) is 0 Å². The molecule has 98 valence electrons. The van der Waals surface area contributed by atoms with Crippen LogP contribution in [-0.2, 0) is 0 Å². The number of hydrogen-bond donors (Lipinski definition) is 1.